The Morgan fingerprint density at radius 3 is 2.71 bits per heavy atom. The van der Waals surface area contributed by atoms with E-state index in [-0.39, 0.29) is 29.5 Å². The molecule has 0 saturated heterocycles. The van der Waals surface area contributed by atoms with Gasteiger partial charge in [-0.15, -0.1) is 0 Å². The molecule has 0 amide bonds. The standard InChI is InChI=1S/C23H19N3O5/c24-12-18-21(22-19(27)5-2-6-20(22)31-23(18)25)15-7-9-17(10-8-15)30-13-14-3-1-4-16(11-14)26(28)29/h1,3-4,7-11,21H,2,5-6,13,25H2/t21-/m1/s1. The summed E-state index contributed by atoms with van der Waals surface area (Å²) in [5.74, 6) is 0.544. The Kier molecular flexibility index (Phi) is 5.41. The molecule has 2 aromatic rings. The minimum atomic E-state index is -0.563. The van der Waals surface area contributed by atoms with Crippen LogP contribution in [0.15, 0.2) is 71.3 Å². The summed E-state index contributed by atoms with van der Waals surface area (Å²) in [7, 11) is 0. The highest BCUT2D eigenvalue weighted by molar-refractivity contribution is 5.99. The van der Waals surface area contributed by atoms with E-state index < -0.39 is 10.8 Å². The van der Waals surface area contributed by atoms with Gasteiger partial charge in [-0.2, -0.15) is 5.26 Å². The molecule has 31 heavy (non-hydrogen) atoms. The number of benzene rings is 2. The van der Waals surface area contributed by atoms with Gasteiger partial charge in [0.2, 0.25) is 5.88 Å². The Labute approximate surface area is 178 Å². The summed E-state index contributed by atoms with van der Waals surface area (Å²) >= 11 is 0. The van der Waals surface area contributed by atoms with Crippen molar-refractivity contribution in [3.05, 3.63) is 92.6 Å². The topological polar surface area (TPSA) is 128 Å². The zero-order valence-corrected chi connectivity index (χ0v) is 16.5. The number of carbonyl (C=O) groups excluding carboxylic acids is 1. The summed E-state index contributed by atoms with van der Waals surface area (Å²) in [5, 5.41) is 20.5. The predicted molar refractivity (Wildman–Crippen MR) is 110 cm³/mol. The molecule has 8 heteroatoms. The van der Waals surface area contributed by atoms with Gasteiger partial charge in [0.05, 0.1) is 10.8 Å². The minimum absolute atomic E-state index is 0.00519. The van der Waals surface area contributed by atoms with Gasteiger partial charge in [-0.25, -0.2) is 0 Å². The third kappa shape index (κ3) is 3.98. The molecule has 4 rings (SSSR count). The van der Waals surface area contributed by atoms with Gasteiger partial charge in [-0.05, 0) is 29.7 Å². The van der Waals surface area contributed by atoms with Crippen molar-refractivity contribution in [2.75, 3.05) is 0 Å². The molecule has 0 saturated carbocycles. The lowest BCUT2D eigenvalue weighted by atomic mass is 9.77. The molecule has 0 aromatic heterocycles. The monoisotopic (exact) mass is 417 g/mol. The van der Waals surface area contributed by atoms with Crippen molar-refractivity contribution >= 4 is 11.5 Å². The van der Waals surface area contributed by atoms with Gasteiger partial charge >= 0.3 is 0 Å². The molecule has 2 aromatic carbocycles. The summed E-state index contributed by atoms with van der Waals surface area (Å²) in [6, 6.07) is 15.4. The number of non-ortho nitro benzene ring substituents is 1. The van der Waals surface area contributed by atoms with Crippen molar-refractivity contribution in [3.63, 3.8) is 0 Å². The van der Waals surface area contributed by atoms with Gasteiger partial charge in [0.25, 0.3) is 5.69 Å². The van der Waals surface area contributed by atoms with Crippen LogP contribution >= 0.6 is 0 Å². The fourth-order valence-corrected chi connectivity index (χ4v) is 3.87. The second-order valence-corrected chi connectivity index (χ2v) is 7.32. The van der Waals surface area contributed by atoms with Crippen LogP contribution in [0.3, 0.4) is 0 Å². The highest BCUT2D eigenvalue weighted by Crippen LogP contribution is 2.43. The number of carbonyl (C=O) groups is 1. The van der Waals surface area contributed by atoms with E-state index in [9.17, 15) is 20.2 Å². The van der Waals surface area contributed by atoms with Crippen LogP contribution < -0.4 is 10.5 Å². The Morgan fingerprint density at radius 2 is 2.00 bits per heavy atom. The first kappa shape index (κ1) is 20.2. The highest BCUT2D eigenvalue weighted by Gasteiger charge is 2.37. The van der Waals surface area contributed by atoms with E-state index in [0.29, 0.717) is 41.9 Å². The van der Waals surface area contributed by atoms with Gasteiger partial charge < -0.3 is 15.2 Å². The van der Waals surface area contributed by atoms with Crippen LogP contribution in [-0.2, 0) is 16.1 Å². The van der Waals surface area contributed by atoms with Crippen LogP contribution in [0.25, 0.3) is 0 Å². The van der Waals surface area contributed by atoms with E-state index in [1.54, 1.807) is 36.4 Å². The first-order valence-corrected chi connectivity index (χ1v) is 9.78. The van der Waals surface area contributed by atoms with Crippen molar-refractivity contribution < 1.29 is 19.2 Å². The maximum Gasteiger partial charge on any atom is 0.269 e. The van der Waals surface area contributed by atoms with Crippen LogP contribution in [0, 0.1) is 21.4 Å². The van der Waals surface area contributed by atoms with Crippen LogP contribution in [0.5, 0.6) is 5.75 Å². The number of nitro groups is 1. The molecular formula is C23H19N3O5. The molecule has 8 nitrogen and oxygen atoms in total. The lowest BCUT2D eigenvalue weighted by molar-refractivity contribution is -0.384. The number of nitrogens with zero attached hydrogens (tertiary/aromatic N) is 2. The van der Waals surface area contributed by atoms with E-state index in [4.69, 9.17) is 15.2 Å². The first-order valence-electron chi connectivity index (χ1n) is 9.78. The van der Waals surface area contributed by atoms with Crippen LogP contribution in [0.4, 0.5) is 5.69 Å². The molecule has 1 aliphatic carbocycles. The smallest absolute Gasteiger partial charge is 0.269 e. The Hall–Kier alpha value is -4.12. The molecule has 2 aliphatic rings. The van der Waals surface area contributed by atoms with Gasteiger partial charge in [-0.1, -0.05) is 24.3 Å². The lowest BCUT2D eigenvalue weighted by Crippen LogP contribution is -2.27. The predicted octanol–water partition coefficient (Wildman–Crippen LogP) is 3.99. The number of nitriles is 1. The maximum atomic E-state index is 12.6. The number of nitro benzene ring substituents is 1. The number of rotatable bonds is 5. The Balaban J connectivity index is 1.56. The first-order chi connectivity index (χ1) is 15.0. The molecule has 0 unspecified atom stereocenters. The van der Waals surface area contributed by atoms with Crippen molar-refractivity contribution in [1.29, 1.82) is 5.26 Å². The molecule has 0 fully saturated rings. The van der Waals surface area contributed by atoms with E-state index in [1.807, 2.05) is 0 Å². The Morgan fingerprint density at radius 1 is 1.23 bits per heavy atom. The molecule has 0 bridgehead atoms. The average Bonchev–Trinajstić information content (AvgIpc) is 2.77. The number of ketones is 1. The molecular weight excluding hydrogens is 398 g/mol. The van der Waals surface area contributed by atoms with Gasteiger partial charge in [-0.3, -0.25) is 14.9 Å². The fraction of sp³-hybridized carbons (Fsp3) is 0.217. The second-order valence-electron chi connectivity index (χ2n) is 7.32. The van der Waals surface area contributed by atoms with E-state index in [1.165, 1.54) is 12.1 Å². The summed E-state index contributed by atoms with van der Waals surface area (Å²) in [6.45, 7) is 0.169. The number of allylic oxidation sites excluding steroid dienone is 3. The highest BCUT2D eigenvalue weighted by atomic mass is 16.6. The minimum Gasteiger partial charge on any atom is -0.489 e. The summed E-state index contributed by atoms with van der Waals surface area (Å²) in [6.07, 6.45) is 1.73. The molecule has 1 atom stereocenters. The van der Waals surface area contributed by atoms with Crippen LogP contribution in [0.2, 0.25) is 0 Å². The third-order valence-electron chi connectivity index (χ3n) is 5.35. The molecule has 1 heterocycles. The van der Waals surface area contributed by atoms with Crippen molar-refractivity contribution in [2.24, 2.45) is 5.73 Å². The number of ether oxygens (including phenoxy) is 2. The number of hydrogen-bond acceptors (Lipinski definition) is 7. The molecule has 1 aliphatic heterocycles. The average molecular weight is 417 g/mol. The zero-order valence-electron chi connectivity index (χ0n) is 16.5. The van der Waals surface area contributed by atoms with E-state index in [2.05, 4.69) is 6.07 Å². The largest absolute Gasteiger partial charge is 0.489 e. The SMILES string of the molecule is N#CC1=C(N)OC2=C(C(=O)CCC2)[C@@H]1c1ccc(OCc2cccc([N+](=O)[O-])c2)cc1. The quantitative estimate of drug-likeness (QED) is 0.575. The third-order valence-corrected chi connectivity index (χ3v) is 5.35. The lowest BCUT2D eigenvalue weighted by Gasteiger charge is -2.31. The maximum absolute atomic E-state index is 12.6. The molecule has 0 radical (unpaired) electrons. The van der Waals surface area contributed by atoms with Crippen molar-refractivity contribution in [1.82, 2.24) is 0 Å². The van der Waals surface area contributed by atoms with Gasteiger partial charge in [0.15, 0.2) is 5.78 Å². The summed E-state index contributed by atoms with van der Waals surface area (Å²) in [4.78, 5) is 23.1. The fourth-order valence-electron chi connectivity index (χ4n) is 3.87. The number of nitrogens with two attached hydrogens (primary N) is 1. The number of hydrogen-bond donors (Lipinski definition) is 1. The van der Waals surface area contributed by atoms with Gasteiger partial charge in [0, 0.05) is 30.5 Å². The zero-order chi connectivity index (χ0) is 22.0. The molecule has 2 N–H and O–H groups in total. The van der Waals surface area contributed by atoms with Crippen LogP contribution in [0.1, 0.15) is 36.3 Å². The van der Waals surface area contributed by atoms with E-state index >= 15 is 0 Å². The van der Waals surface area contributed by atoms with Crippen molar-refractivity contribution in [3.8, 4) is 11.8 Å². The Bertz CT molecular complexity index is 1160. The normalized spacial score (nSPS) is 18.2. The van der Waals surface area contributed by atoms with E-state index in [0.717, 1.165) is 5.56 Å². The van der Waals surface area contributed by atoms with Crippen molar-refractivity contribution in [2.45, 2.75) is 31.8 Å². The summed E-state index contributed by atoms with van der Waals surface area (Å²) < 4.78 is 11.3. The van der Waals surface area contributed by atoms with Gasteiger partial charge in [0.1, 0.15) is 29.8 Å². The molecule has 156 valence electrons. The number of Topliss-reactive ketones (excluding diaryl/α,β-unsaturated/α-hetero) is 1. The summed E-state index contributed by atoms with van der Waals surface area (Å²) in [5.41, 5.74) is 8.11. The molecule has 0 spiro atoms. The van der Waals surface area contributed by atoms with Crippen LogP contribution in [-0.4, -0.2) is 10.7 Å². The second kappa shape index (κ2) is 8.32.